The van der Waals surface area contributed by atoms with Gasteiger partial charge in [0.05, 0.1) is 11.8 Å². The molecule has 5 nitrogen and oxygen atoms in total. The molecule has 5 heteroatoms. The maximum absolute atomic E-state index is 12.2. The van der Waals surface area contributed by atoms with Crippen molar-refractivity contribution in [3.63, 3.8) is 0 Å². The summed E-state index contributed by atoms with van der Waals surface area (Å²) in [6, 6.07) is 7.46. The molecule has 148 valence electrons. The first-order valence-corrected chi connectivity index (χ1v) is 9.95. The third-order valence-electron chi connectivity index (χ3n) is 4.61. The Morgan fingerprint density at radius 2 is 2.00 bits per heavy atom. The lowest BCUT2D eigenvalue weighted by Crippen LogP contribution is -2.34. The number of nitrogens with one attached hydrogen (secondary N) is 1. The summed E-state index contributed by atoms with van der Waals surface area (Å²) in [7, 11) is 0. The Balaban J connectivity index is 1.88. The molecule has 0 atom stereocenters. The molecule has 2 amide bonds. The molecular formula is C22H32N2O3. The molecule has 0 saturated carbocycles. The second-order valence-corrected chi connectivity index (χ2v) is 7.26. The van der Waals surface area contributed by atoms with E-state index >= 15 is 0 Å². The molecule has 1 N–H and O–H groups in total. The minimum absolute atomic E-state index is 0.0114. The summed E-state index contributed by atoms with van der Waals surface area (Å²) in [6.45, 7) is 6.41. The predicted octanol–water partition coefficient (Wildman–Crippen LogP) is 4.22. The zero-order valence-electron chi connectivity index (χ0n) is 16.8. The summed E-state index contributed by atoms with van der Waals surface area (Å²) in [5, 5.41) is 2.97. The first-order valence-electron chi connectivity index (χ1n) is 9.95. The third-order valence-corrected chi connectivity index (χ3v) is 4.61. The average Bonchev–Trinajstić information content (AvgIpc) is 2.63. The van der Waals surface area contributed by atoms with Gasteiger partial charge in [0, 0.05) is 26.4 Å². The average molecular weight is 373 g/mol. The van der Waals surface area contributed by atoms with Crippen molar-refractivity contribution in [2.24, 2.45) is 0 Å². The van der Waals surface area contributed by atoms with Crippen LogP contribution in [0, 0.1) is 0 Å². The van der Waals surface area contributed by atoms with Gasteiger partial charge in [0.25, 0.3) is 0 Å². The number of hydrogen-bond acceptors (Lipinski definition) is 3. The SMILES string of the molecule is CC(=O)N(CCC(=O)NCCC1=CCCCC1)c1ccccc1OC(C)C. The highest BCUT2D eigenvalue weighted by atomic mass is 16.5. The number of hydrogen-bond donors (Lipinski definition) is 1. The van der Waals surface area contributed by atoms with Gasteiger partial charge in [-0.25, -0.2) is 0 Å². The van der Waals surface area contributed by atoms with Crippen LogP contribution in [-0.2, 0) is 9.59 Å². The molecule has 0 heterocycles. The summed E-state index contributed by atoms with van der Waals surface area (Å²) in [5.74, 6) is 0.530. The zero-order chi connectivity index (χ0) is 19.6. The van der Waals surface area contributed by atoms with Crippen molar-refractivity contribution in [3.05, 3.63) is 35.9 Å². The maximum Gasteiger partial charge on any atom is 0.223 e. The monoisotopic (exact) mass is 372 g/mol. The van der Waals surface area contributed by atoms with Crippen LogP contribution in [0.15, 0.2) is 35.9 Å². The van der Waals surface area contributed by atoms with Gasteiger partial charge in [0.1, 0.15) is 5.75 Å². The summed E-state index contributed by atoms with van der Waals surface area (Å²) in [6.07, 6.45) is 8.36. The topological polar surface area (TPSA) is 58.6 Å². The molecule has 1 aromatic carbocycles. The summed E-state index contributed by atoms with van der Waals surface area (Å²) in [5.41, 5.74) is 2.16. The number of benzene rings is 1. The summed E-state index contributed by atoms with van der Waals surface area (Å²) < 4.78 is 5.81. The molecule has 0 spiro atoms. The van der Waals surface area contributed by atoms with Crippen LogP contribution in [0.25, 0.3) is 0 Å². The second-order valence-electron chi connectivity index (χ2n) is 7.26. The van der Waals surface area contributed by atoms with Gasteiger partial charge in [-0.05, 0) is 58.1 Å². The summed E-state index contributed by atoms with van der Waals surface area (Å²) in [4.78, 5) is 26.0. The predicted molar refractivity (Wildman–Crippen MR) is 109 cm³/mol. The Bertz CT molecular complexity index is 667. The van der Waals surface area contributed by atoms with E-state index in [-0.39, 0.29) is 24.3 Å². The quantitative estimate of drug-likeness (QED) is 0.660. The number of anilines is 1. The lowest BCUT2D eigenvalue weighted by Gasteiger charge is -2.24. The highest BCUT2D eigenvalue weighted by molar-refractivity contribution is 5.93. The fraction of sp³-hybridized carbons (Fsp3) is 0.545. The van der Waals surface area contributed by atoms with Crippen molar-refractivity contribution in [1.82, 2.24) is 5.32 Å². The Kier molecular flexibility index (Phi) is 8.37. The van der Waals surface area contributed by atoms with Crippen LogP contribution >= 0.6 is 0 Å². The molecule has 2 rings (SSSR count). The maximum atomic E-state index is 12.2. The first kappa shape index (κ1) is 21.0. The number of carbonyl (C=O) groups excluding carboxylic acids is 2. The van der Waals surface area contributed by atoms with Crippen molar-refractivity contribution in [3.8, 4) is 5.75 Å². The number of ether oxygens (including phenoxy) is 1. The fourth-order valence-electron chi connectivity index (χ4n) is 3.28. The van der Waals surface area contributed by atoms with E-state index in [9.17, 15) is 9.59 Å². The van der Waals surface area contributed by atoms with E-state index in [2.05, 4.69) is 11.4 Å². The lowest BCUT2D eigenvalue weighted by atomic mass is 9.97. The molecular weight excluding hydrogens is 340 g/mol. The van der Waals surface area contributed by atoms with E-state index in [0.29, 0.717) is 24.5 Å². The molecule has 1 aromatic rings. The van der Waals surface area contributed by atoms with E-state index in [4.69, 9.17) is 4.74 Å². The van der Waals surface area contributed by atoms with Gasteiger partial charge in [-0.15, -0.1) is 0 Å². The number of carbonyl (C=O) groups is 2. The van der Waals surface area contributed by atoms with E-state index in [1.165, 1.54) is 25.3 Å². The molecule has 0 fully saturated rings. The van der Waals surface area contributed by atoms with Crippen LogP contribution in [-0.4, -0.2) is 31.0 Å². The highest BCUT2D eigenvalue weighted by Gasteiger charge is 2.18. The van der Waals surface area contributed by atoms with Crippen LogP contribution < -0.4 is 15.0 Å². The highest BCUT2D eigenvalue weighted by Crippen LogP contribution is 2.29. The molecule has 0 saturated heterocycles. The Hall–Kier alpha value is -2.30. The standard InChI is InChI=1S/C22H32N2O3/c1-17(2)27-21-12-8-7-11-20(21)24(18(3)25)16-14-22(26)23-15-13-19-9-5-4-6-10-19/h7-9,11-12,17H,4-6,10,13-16H2,1-3H3,(H,23,26). The van der Waals surface area contributed by atoms with Gasteiger partial charge in [-0.2, -0.15) is 0 Å². The number of allylic oxidation sites excluding steroid dienone is 1. The molecule has 27 heavy (non-hydrogen) atoms. The largest absolute Gasteiger partial charge is 0.489 e. The van der Waals surface area contributed by atoms with E-state index in [1.54, 1.807) is 4.90 Å². The fourth-order valence-corrected chi connectivity index (χ4v) is 3.28. The zero-order valence-corrected chi connectivity index (χ0v) is 16.8. The van der Waals surface area contributed by atoms with Gasteiger partial charge < -0.3 is 15.0 Å². The van der Waals surface area contributed by atoms with Gasteiger partial charge in [0.15, 0.2) is 0 Å². The van der Waals surface area contributed by atoms with Crippen molar-refractivity contribution >= 4 is 17.5 Å². The molecule has 0 radical (unpaired) electrons. The van der Waals surface area contributed by atoms with Gasteiger partial charge in [0.2, 0.25) is 11.8 Å². The molecule has 0 aromatic heterocycles. The minimum Gasteiger partial charge on any atom is -0.489 e. The van der Waals surface area contributed by atoms with Crippen LogP contribution in [0.2, 0.25) is 0 Å². The molecule has 0 bridgehead atoms. The molecule has 1 aliphatic rings. The number of amides is 2. The lowest BCUT2D eigenvalue weighted by molar-refractivity contribution is -0.121. The number of para-hydroxylation sites is 2. The smallest absolute Gasteiger partial charge is 0.223 e. The molecule has 1 aliphatic carbocycles. The van der Waals surface area contributed by atoms with E-state index in [1.807, 2.05) is 38.1 Å². The number of nitrogens with zero attached hydrogens (tertiary/aromatic N) is 1. The molecule has 0 aliphatic heterocycles. The van der Waals surface area contributed by atoms with Crippen molar-refractivity contribution < 1.29 is 14.3 Å². The number of rotatable bonds is 9. The second kappa shape index (κ2) is 10.8. The van der Waals surface area contributed by atoms with Crippen LogP contribution in [0.5, 0.6) is 5.75 Å². The molecule has 0 unspecified atom stereocenters. The van der Waals surface area contributed by atoms with Crippen molar-refractivity contribution in [1.29, 1.82) is 0 Å². The van der Waals surface area contributed by atoms with E-state index < -0.39 is 0 Å². The van der Waals surface area contributed by atoms with Crippen molar-refractivity contribution in [2.45, 2.75) is 65.4 Å². The van der Waals surface area contributed by atoms with Crippen LogP contribution in [0.3, 0.4) is 0 Å². The van der Waals surface area contributed by atoms with Gasteiger partial charge in [-0.3, -0.25) is 9.59 Å². The summed E-state index contributed by atoms with van der Waals surface area (Å²) >= 11 is 0. The third kappa shape index (κ3) is 7.08. The van der Waals surface area contributed by atoms with E-state index in [0.717, 1.165) is 19.3 Å². The van der Waals surface area contributed by atoms with Gasteiger partial charge in [-0.1, -0.05) is 23.8 Å². The first-order chi connectivity index (χ1) is 13.0. The van der Waals surface area contributed by atoms with Crippen LogP contribution in [0.4, 0.5) is 5.69 Å². The van der Waals surface area contributed by atoms with Crippen molar-refractivity contribution in [2.75, 3.05) is 18.0 Å². The Labute approximate surface area is 162 Å². The van der Waals surface area contributed by atoms with Crippen LogP contribution in [0.1, 0.15) is 59.3 Å². The van der Waals surface area contributed by atoms with Gasteiger partial charge >= 0.3 is 0 Å². The normalized spacial score (nSPS) is 13.9. The Morgan fingerprint density at radius 3 is 2.67 bits per heavy atom. The minimum atomic E-state index is -0.102. The Morgan fingerprint density at radius 1 is 1.22 bits per heavy atom.